The minimum absolute atomic E-state index is 0.110. The van der Waals surface area contributed by atoms with Crippen LogP contribution in [0.2, 0.25) is 0 Å². The maximum atomic E-state index is 11.3. The van der Waals surface area contributed by atoms with E-state index in [-0.39, 0.29) is 5.78 Å². The van der Waals surface area contributed by atoms with Crippen molar-refractivity contribution in [1.29, 1.82) is 0 Å². The minimum Gasteiger partial charge on any atom is -0.385 e. The second-order valence-corrected chi connectivity index (χ2v) is 5.31. The summed E-state index contributed by atoms with van der Waals surface area (Å²) in [6.45, 7) is 2.55. The molecule has 0 bridgehead atoms. The van der Waals surface area contributed by atoms with Gasteiger partial charge in [0.15, 0.2) is 5.78 Å². The van der Waals surface area contributed by atoms with Gasteiger partial charge in [-0.05, 0) is 44.2 Å². The molecular formula is C15H22N2O. The molecule has 3 N–H and O–H groups in total. The minimum atomic E-state index is 0.110. The molecule has 0 spiro atoms. The number of benzene rings is 1. The summed E-state index contributed by atoms with van der Waals surface area (Å²) in [6.07, 6.45) is 4.77. The highest BCUT2D eigenvalue weighted by Gasteiger charge is 2.18. The highest BCUT2D eigenvalue weighted by atomic mass is 16.1. The van der Waals surface area contributed by atoms with E-state index in [1.54, 1.807) is 6.92 Å². The summed E-state index contributed by atoms with van der Waals surface area (Å²) < 4.78 is 0. The van der Waals surface area contributed by atoms with Gasteiger partial charge in [-0.15, -0.1) is 0 Å². The van der Waals surface area contributed by atoms with Gasteiger partial charge in [0, 0.05) is 23.8 Å². The van der Waals surface area contributed by atoms with E-state index in [1.807, 2.05) is 24.3 Å². The highest BCUT2D eigenvalue weighted by Crippen LogP contribution is 2.23. The van der Waals surface area contributed by atoms with E-state index >= 15 is 0 Å². The molecule has 0 aliphatic heterocycles. The summed E-state index contributed by atoms with van der Waals surface area (Å²) in [5.41, 5.74) is 7.78. The summed E-state index contributed by atoms with van der Waals surface area (Å²) in [7, 11) is 0. The van der Waals surface area contributed by atoms with Gasteiger partial charge in [-0.3, -0.25) is 4.79 Å². The number of nitrogens with two attached hydrogens (primary N) is 1. The standard InChI is InChI=1S/C15H22N2O/c1-11(18)13-5-3-7-15(9-13)17-10-12-4-2-6-14(16)8-12/h3,5,7,9,12,14,17H,2,4,6,8,10,16H2,1H3. The molecule has 1 aromatic rings. The summed E-state index contributed by atoms with van der Waals surface area (Å²) >= 11 is 0. The lowest BCUT2D eigenvalue weighted by Gasteiger charge is -2.27. The average Bonchev–Trinajstić information content (AvgIpc) is 2.37. The van der Waals surface area contributed by atoms with Crippen LogP contribution in [0.15, 0.2) is 24.3 Å². The van der Waals surface area contributed by atoms with Gasteiger partial charge in [-0.1, -0.05) is 18.6 Å². The zero-order chi connectivity index (χ0) is 13.0. The molecular weight excluding hydrogens is 224 g/mol. The zero-order valence-electron chi connectivity index (χ0n) is 11.0. The van der Waals surface area contributed by atoms with Crippen molar-refractivity contribution in [2.45, 2.75) is 38.6 Å². The van der Waals surface area contributed by atoms with Crippen molar-refractivity contribution in [1.82, 2.24) is 0 Å². The maximum Gasteiger partial charge on any atom is 0.159 e. The van der Waals surface area contributed by atoms with Crippen LogP contribution in [0.4, 0.5) is 5.69 Å². The lowest BCUT2D eigenvalue weighted by Crippen LogP contribution is -2.30. The molecule has 1 fully saturated rings. The number of anilines is 1. The van der Waals surface area contributed by atoms with Crippen LogP contribution in [0.5, 0.6) is 0 Å². The number of carbonyl (C=O) groups excluding carboxylic acids is 1. The Balaban J connectivity index is 1.89. The van der Waals surface area contributed by atoms with Gasteiger partial charge < -0.3 is 11.1 Å². The Hall–Kier alpha value is -1.35. The van der Waals surface area contributed by atoms with Crippen LogP contribution >= 0.6 is 0 Å². The summed E-state index contributed by atoms with van der Waals surface area (Å²) in [4.78, 5) is 11.3. The topological polar surface area (TPSA) is 55.1 Å². The predicted molar refractivity (Wildman–Crippen MR) is 74.9 cm³/mol. The van der Waals surface area contributed by atoms with Gasteiger partial charge in [0.25, 0.3) is 0 Å². The molecule has 2 rings (SSSR count). The summed E-state index contributed by atoms with van der Waals surface area (Å²) in [6, 6.07) is 8.07. The summed E-state index contributed by atoms with van der Waals surface area (Å²) in [5.74, 6) is 0.771. The van der Waals surface area contributed by atoms with E-state index in [9.17, 15) is 4.79 Å². The molecule has 1 aromatic carbocycles. The molecule has 2 atom stereocenters. The fourth-order valence-corrected chi connectivity index (χ4v) is 2.63. The van der Waals surface area contributed by atoms with Crippen molar-refractivity contribution in [3.63, 3.8) is 0 Å². The number of ketones is 1. The number of carbonyl (C=O) groups is 1. The first-order chi connectivity index (χ1) is 8.65. The van der Waals surface area contributed by atoms with Gasteiger partial charge in [-0.25, -0.2) is 0 Å². The van der Waals surface area contributed by atoms with Crippen molar-refractivity contribution in [2.75, 3.05) is 11.9 Å². The molecule has 1 aliphatic carbocycles. The highest BCUT2D eigenvalue weighted by molar-refractivity contribution is 5.94. The Labute approximate surface area is 109 Å². The van der Waals surface area contributed by atoms with E-state index in [0.717, 1.165) is 30.6 Å². The number of nitrogens with one attached hydrogen (secondary N) is 1. The summed E-state index contributed by atoms with van der Waals surface area (Å²) in [5, 5.41) is 3.42. The number of hydrogen-bond donors (Lipinski definition) is 2. The lowest BCUT2D eigenvalue weighted by atomic mass is 9.86. The fraction of sp³-hybridized carbons (Fsp3) is 0.533. The second kappa shape index (κ2) is 6.01. The number of rotatable bonds is 4. The van der Waals surface area contributed by atoms with Gasteiger partial charge in [-0.2, -0.15) is 0 Å². The van der Waals surface area contributed by atoms with Crippen LogP contribution < -0.4 is 11.1 Å². The monoisotopic (exact) mass is 246 g/mol. The first-order valence-electron chi connectivity index (χ1n) is 6.75. The second-order valence-electron chi connectivity index (χ2n) is 5.31. The first-order valence-corrected chi connectivity index (χ1v) is 6.75. The van der Waals surface area contributed by atoms with Crippen molar-refractivity contribution < 1.29 is 4.79 Å². The van der Waals surface area contributed by atoms with E-state index in [1.165, 1.54) is 12.8 Å². The quantitative estimate of drug-likeness (QED) is 0.803. The van der Waals surface area contributed by atoms with Crippen molar-refractivity contribution in [3.8, 4) is 0 Å². The third-order valence-electron chi connectivity index (χ3n) is 3.69. The van der Waals surface area contributed by atoms with Crippen molar-refractivity contribution in [3.05, 3.63) is 29.8 Å². The van der Waals surface area contributed by atoms with E-state index in [2.05, 4.69) is 5.32 Å². The normalized spacial score (nSPS) is 23.7. The number of hydrogen-bond acceptors (Lipinski definition) is 3. The Morgan fingerprint density at radius 2 is 2.28 bits per heavy atom. The molecule has 2 unspecified atom stereocenters. The molecule has 0 saturated heterocycles. The molecule has 0 aromatic heterocycles. The van der Waals surface area contributed by atoms with Crippen LogP contribution in [0.1, 0.15) is 43.0 Å². The van der Waals surface area contributed by atoms with Crippen LogP contribution in [0.25, 0.3) is 0 Å². The van der Waals surface area contributed by atoms with E-state index < -0.39 is 0 Å². The Bertz CT molecular complexity index is 417. The van der Waals surface area contributed by atoms with E-state index in [4.69, 9.17) is 5.73 Å². The predicted octanol–water partition coefficient (Wildman–Crippen LogP) is 2.82. The molecule has 3 heteroatoms. The zero-order valence-corrected chi connectivity index (χ0v) is 11.0. The Kier molecular flexibility index (Phi) is 4.37. The Morgan fingerprint density at radius 1 is 1.44 bits per heavy atom. The van der Waals surface area contributed by atoms with Gasteiger partial charge in [0.2, 0.25) is 0 Å². The molecule has 3 nitrogen and oxygen atoms in total. The first kappa shape index (κ1) is 13.1. The van der Waals surface area contributed by atoms with Gasteiger partial charge in [0.05, 0.1) is 0 Å². The fourth-order valence-electron chi connectivity index (χ4n) is 2.63. The molecule has 1 saturated carbocycles. The van der Waals surface area contributed by atoms with Crippen molar-refractivity contribution >= 4 is 11.5 Å². The van der Waals surface area contributed by atoms with Crippen LogP contribution in [0, 0.1) is 5.92 Å². The van der Waals surface area contributed by atoms with Crippen LogP contribution in [-0.4, -0.2) is 18.4 Å². The molecule has 0 radical (unpaired) electrons. The van der Waals surface area contributed by atoms with Crippen LogP contribution in [0.3, 0.4) is 0 Å². The van der Waals surface area contributed by atoms with Gasteiger partial charge >= 0.3 is 0 Å². The van der Waals surface area contributed by atoms with Gasteiger partial charge in [0.1, 0.15) is 0 Å². The SMILES string of the molecule is CC(=O)c1cccc(NCC2CCCC(N)C2)c1. The smallest absolute Gasteiger partial charge is 0.159 e. The molecule has 0 amide bonds. The largest absolute Gasteiger partial charge is 0.385 e. The maximum absolute atomic E-state index is 11.3. The molecule has 0 heterocycles. The van der Waals surface area contributed by atoms with Crippen LogP contribution in [-0.2, 0) is 0 Å². The Morgan fingerprint density at radius 3 is 3.00 bits per heavy atom. The van der Waals surface area contributed by atoms with Crippen molar-refractivity contribution in [2.24, 2.45) is 11.7 Å². The number of Topliss-reactive ketones (excluding diaryl/α,β-unsaturated/α-hetero) is 1. The lowest BCUT2D eigenvalue weighted by molar-refractivity contribution is 0.101. The molecule has 98 valence electrons. The third kappa shape index (κ3) is 3.57. The molecule has 18 heavy (non-hydrogen) atoms. The average molecular weight is 246 g/mol. The van der Waals surface area contributed by atoms with E-state index in [0.29, 0.717) is 12.0 Å². The third-order valence-corrected chi connectivity index (χ3v) is 3.69. The molecule has 1 aliphatic rings.